The largest absolute Gasteiger partial charge is 0.378 e. The molecule has 0 saturated carbocycles. The Bertz CT molecular complexity index is 700. The first-order valence-corrected chi connectivity index (χ1v) is 7.36. The number of hydrogen-bond acceptors (Lipinski definition) is 2. The molecular weight excluding hydrogens is 294 g/mol. The lowest BCUT2D eigenvalue weighted by Crippen LogP contribution is -2.07. The molecule has 0 aliphatic heterocycles. The van der Waals surface area contributed by atoms with E-state index >= 15 is 0 Å². The zero-order valence-corrected chi connectivity index (χ0v) is 13.4. The Morgan fingerprint density at radius 2 is 1.77 bits per heavy atom. The molecular formula is C19H18ClNO. The third-order valence-corrected chi connectivity index (χ3v) is 3.40. The number of carbonyl (C=O) groups is 1. The Morgan fingerprint density at radius 1 is 1.05 bits per heavy atom. The molecule has 2 rings (SSSR count). The molecule has 112 valence electrons. The number of nitrogens with zero attached hydrogens (tertiary/aromatic N) is 1. The smallest absolute Gasteiger partial charge is 0.185 e. The summed E-state index contributed by atoms with van der Waals surface area (Å²) in [5, 5.41) is 0.566. The predicted molar refractivity (Wildman–Crippen MR) is 94.7 cm³/mol. The van der Waals surface area contributed by atoms with E-state index in [-0.39, 0.29) is 5.78 Å². The van der Waals surface area contributed by atoms with Crippen LogP contribution in [-0.4, -0.2) is 19.9 Å². The van der Waals surface area contributed by atoms with Gasteiger partial charge in [-0.3, -0.25) is 4.79 Å². The maximum Gasteiger partial charge on any atom is 0.185 e. The number of hydrogen-bond donors (Lipinski definition) is 0. The van der Waals surface area contributed by atoms with Crippen molar-refractivity contribution in [2.45, 2.75) is 0 Å². The highest BCUT2D eigenvalue weighted by Gasteiger charge is 2.00. The zero-order valence-electron chi connectivity index (χ0n) is 12.7. The summed E-state index contributed by atoms with van der Waals surface area (Å²) in [6, 6.07) is 15.1. The summed E-state index contributed by atoms with van der Waals surface area (Å²) in [5.41, 5.74) is 2.83. The van der Waals surface area contributed by atoms with Crippen molar-refractivity contribution in [3.05, 3.63) is 82.9 Å². The lowest BCUT2D eigenvalue weighted by molar-refractivity contribution is 0.104. The van der Waals surface area contributed by atoms with E-state index in [2.05, 4.69) is 17.0 Å². The van der Waals surface area contributed by atoms with Crippen molar-refractivity contribution in [3.63, 3.8) is 0 Å². The normalized spacial score (nSPS) is 11.2. The minimum absolute atomic E-state index is 0.0601. The van der Waals surface area contributed by atoms with E-state index in [1.807, 2.05) is 38.4 Å². The molecule has 0 N–H and O–H groups in total. The van der Waals surface area contributed by atoms with Crippen molar-refractivity contribution in [2.75, 3.05) is 19.0 Å². The monoisotopic (exact) mass is 311 g/mol. The number of allylic oxidation sites excluding steroid dienone is 3. The molecule has 0 aliphatic rings. The molecule has 0 bridgehead atoms. The second-order valence-corrected chi connectivity index (χ2v) is 5.52. The van der Waals surface area contributed by atoms with Crippen LogP contribution in [0.3, 0.4) is 0 Å². The number of rotatable bonds is 5. The Hall–Kier alpha value is -2.32. The van der Waals surface area contributed by atoms with Crippen LogP contribution in [0.4, 0.5) is 5.69 Å². The van der Waals surface area contributed by atoms with E-state index in [0.29, 0.717) is 10.6 Å². The average Bonchev–Trinajstić information content (AvgIpc) is 2.51. The van der Waals surface area contributed by atoms with Gasteiger partial charge in [-0.15, -0.1) is 0 Å². The topological polar surface area (TPSA) is 20.3 Å². The van der Waals surface area contributed by atoms with Gasteiger partial charge in [0.05, 0.1) is 0 Å². The van der Waals surface area contributed by atoms with Crippen molar-refractivity contribution >= 4 is 29.1 Å². The summed E-state index contributed by atoms with van der Waals surface area (Å²) in [5.74, 6) is -0.0601. The number of halogens is 1. The van der Waals surface area contributed by atoms with Crippen LogP contribution in [0.25, 0.3) is 6.08 Å². The molecule has 0 amide bonds. The van der Waals surface area contributed by atoms with Gasteiger partial charge in [0, 0.05) is 30.4 Å². The number of carbonyl (C=O) groups excluding carboxylic acids is 1. The van der Waals surface area contributed by atoms with Crippen LogP contribution >= 0.6 is 11.6 Å². The molecule has 0 atom stereocenters. The van der Waals surface area contributed by atoms with Gasteiger partial charge in [0.2, 0.25) is 0 Å². The molecule has 2 aromatic rings. The van der Waals surface area contributed by atoms with Crippen molar-refractivity contribution in [1.82, 2.24) is 0 Å². The van der Waals surface area contributed by atoms with Crippen LogP contribution in [0.1, 0.15) is 15.9 Å². The molecule has 3 heteroatoms. The van der Waals surface area contributed by atoms with Gasteiger partial charge in [0.15, 0.2) is 5.78 Å². The second kappa shape index (κ2) is 7.62. The van der Waals surface area contributed by atoms with E-state index in [0.717, 1.165) is 11.3 Å². The minimum atomic E-state index is -0.0601. The molecule has 0 unspecified atom stereocenters. The van der Waals surface area contributed by atoms with E-state index < -0.39 is 0 Å². The fourth-order valence-electron chi connectivity index (χ4n) is 1.93. The van der Waals surface area contributed by atoms with Crippen molar-refractivity contribution in [1.29, 1.82) is 0 Å². The van der Waals surface area contributed by atoms with Gasteiger partial charge < -0.3 is 4.90 Å². The van der Waals surface area contributed by atoms with Gasteiger partial charge in [-0.1, -0.05) is 54.1 Å². The highest BCUT2D eigenvalue weighted by Crippen LogP contribution is 2.13. The Morgan fingerprint density at radius 3 is 2.41 bits per heavy atom. The van der Waals surface area contributed by atoms with Gasteiger partial charge in [0.25, 0.3) is 0 Å². The van der Waals surface area contributed by atoms with Crippen LogP contribution in [0.2, 0.25) is 5.02 Å². The first-order chi connectivity index (χ1) is 10.6. The standard InChI is InChI=1S/C19H18ClNO/c1-21(2)18-12-10-15(11-13-18)6-3-4-9-19(22)16-7-5-8-17(20)14-16/h3-14H,1-2H3/b6-3+,9-4+. The molecule has 0 spiro atoms. The van der Waals surface area contributed by atoms with Crippen molar-refractivity contribution in [2.24, 2.45) is 0 Å². The van der Waals surface area contributed by atoms with Crippen LogP contribution < -0.4 is 4.90 Å². The maximum atomic E-state index is 11.9. The van der Waals surface area contributed by atoms with Crippen molar-refractivity contribution < 1.29 is 4.79 Å². The summed E-state index contributed by atoms with van der Waals surface area (Å²) < 4.78 is 0. The van der Waals surface area contributed by atoms with Crippen LogP contribution in [0.15, 0.2) is 66.8 Å². The lowest BCUT2D eigenvalue weighted by atomic mass is 10.1. The fraction of sp³-hybridized carbons (Fsp3) is 0.105. The predicted octanol–water partition coefficient (Wildman–Crippen LogP) is 4.86. The van der Waals surface area contributed by atoms with Gasteiger partial charge >= 0.3 is 0 Å². The van der Waals surface area contributed by atoms with E-state index in [1.54, 1.807) is 30.3 Å². The summed E-state index contributed by atoms with van der Waals surface area (Å²) in [7, 11) is 4.02. The van der Waals surface area contributed by atoms with Gasteiger partial charge in [-0.25, -0.2) is 0 Å². The summed E-state index contributed by atoms with van der Waals surface area (Å²) in [6.45, 7) is 0. The molecule has 0 fully saturated rings. The van der Waals surface area contributed by atoms with Crippen LogP contribution in [0.5, 0.6) is 0 Å². The highest BCUT2D eigenvalue weighted by molar-refractivity contribution is 6.31. The van der Waals surface area contributed by atoms with Gasteiger partial charge in [-0.2, -0.15) is 0 Å². The van der Waals surface area contributed by atoms with E-state index in [4.69, 9.17) is 11.6 Å². The number of anilines is 1. The first-order valence-electron chi connectivity index (χ1n) is 6.98. The van der Waals surface area contributed by atoms with Crippen LogP contribution in [0, 0.1) is 0 Å². The second-order valence-electron chi connectivity index (χ2n) is 5.08. The average molecular weight is 312 g/mol. The Kier molecular flexibility index (Phi) is 5.56. The number of ketones is 1. The summed E-state index contributed by atoms with van der Waals surface area (Å²) in [4.78, 5) is 14.0. The van der Waals surface area contributed by atoms with Crippen LogP contribution in [-0.2, 0) is 0 Å². The molecule has 0 saturated heterocycles. The SMILES string of the molecule is CN(C)c1ccc(/C=C/C=C/C(=O)c2cccc(Cl)c2)cc1. The van der Waals surface area contributed by atoms with Gasteiger partial charge in [0.1, 0.15) is 0 Å². The first kappa shape index (κ1) is 16.1. The molecule has 2 nitrogen and oxygen atoms in total. The molecule has 0 radical (unpaired) electrons. The van der Waals surface area contributed by atoms with E-state index in [1.165, 1.54) is 6.08 Å². The molecule has 0 aromatic heterocycles. The lowest BCUT2D eigenvalue weighted by Gasteiger charge is -2.11. The maximum absolute atomic E-state index is 11.9. The summed E-state index contributed by atoms with van der Waals surface area (Å²) >= 11 is 5.87. The quantitative estimate of drug-likeness (QED) is 0.446. The Labute approximate surface area is 136 Å². The highest BCUT2D eigenvalue weighted by atomic mass is 35.5. The molecule has 2 aromatic carbocycles. The summed E-state index contributed by atoms with van der Waals surface area (Å²) in [6.07, 6.45) is 7.09. The molecule has 0 heterocycles. The molecule has 22 heavy (non-hydrogen) atoms. The van der Waals surface area contributed by atoms with Gasteiger partial charge in [-0.05, 0) is 35.9 Å². The molecule has 0 aliphatic carbocycles. The third kappa shape index (κ3) is 4.61. The fourth-order valence-corrected chi connectivity index (χ4v) is 2.12. The van der Waals surface area contributed by atoms with Crippen molar-refractivity contribution in [3.8, 4) is 0 Å². The number of benzene rings is 2. The zero-order chi connectivity index (χ0) is 15.9. The Balaban J connectivity index is 1.98. The minimum Gasteiger partial charge on any atom is -0.378 e. The third-order valence-electron chi connectivity index (χ3n) is 3.17. The van der Waals surface area contributed by atoms with E-state index in [9.17, 15) is 4.79 Å².